The maximum Gasteiger partial charge on any atom is 0.267 e. The minimum Gasteiger partial charge on any atom is -0.350 e. The summed E-state index contributed by atoms with van der Waals surface area (Å²) in [5.74, 6) is -0.489. The lowest BCUT2D eigenvalue weighted by molar-refractivity contribution is -0.198. The van der Waals surface area contributed by atoms with E-state index in [1.54, 1.807) is 66.7 Å². The molecule has 1 amide bonds. The van der Waals surface area contributed by atoms with Crippen LogP contribution in [0.5, 0.6) is 0 Å². The summed E-state index contributed by atoms with van der Waals surface area (Å²) < 4.78 is 60.7. The van der Waals surface area contributed by atoms with Crippen molar-refractivity contribution in [2.24, 2.45) is 0 Å². The summed E-state index contributed by atoms with van der Waals surface area (Å²) in [6, 6.07) is 21.3. The second-order valence-corrected chi connectivity index (χ2v) is 13.5. The van der Waals surface area contributed by atoms with Crippen molar-refractivity contribution in [2.75, 3.05) is 11.3 Å². The van der Waals surface area contributed by atoms with Crippen LogP contribution < -0.4 is 10.2 Å². The molecule has 0 saturated carbocycles. The molecule has 1 aromatic heterocycles. The van der Waals surface area contributed by atoms with Gasteiger partial charge < -0.3 is 4.74 Å². The summed E-state index contributed by atoms with van der Waals surface area (Å²) in [6.07, 6.45) is 7.73. The van der Waals surface area contributed by atoms with Gasteiger partial charge in [-0.3, -0.25) is 9.52 Å². The van der Waals surface area contributed by atoms with Crippen molar-refractivity contribution in [1.82, 2.24) is 9.45 Å². The first kappa shape index (κ1) is 30.2. The number of ether oxygens (including phenoxy) is 1. The minimum absolute atomic E-state index is 0.0866. The summed E-state index contributed by atoms with van der Waals surface area (Å²) in [7, 11) is -7.59. The Morgan fingerprint density at radius 3 is 2.19 bits per heavy atom. The molecular formula is C31H31N3O7S2. The largest absolute Gasteiger partial charge is 0.350 e. The molecule has 1 atom stereocenters. The normalized spacial score (nSPS) is 15.8. The summed E-state index contributed by atoms with van der Waals surface area (Å²) >= 11 is 0. The van der Waals surface area contributed by atoms with E-state index in [1.807, 2.05) is 6.92 Å². The van der Waals surface area contributed by atoms with Crippen LogP contribution in [0, 0.1) is 6.92 Å². The fourth-order valence-corrected chi connectivity index (χ4v) is 6.64. The van der Waals surface area contributed by atoms with Gasteiger partial charge in [-0.15, -0.1) is 0 Å². The van der Waals surface area contributed by atoms with Gasteiger partial charge in [-0.1, -0.05) is 42.0 Å². The van der Waals surface area contributed by atoms with Gasteiger partial charge in [-0.05, 0) is 85.0 Å². The topological polar surface area (TPSA) is 133 Å². The maximum atomic E-state index is 13.2. The van der Waals surface area contributed by atoms with E-state index in [2.05, 4.69) is 10.2 Å². The number of aromatic nitrogens is 1. The van der Waals surface area contributed by atoms with Crippen LogP contribution in [0.4, 0.5) is 5.69 Å². The van der Waals surface area contributed by atoms with Crippen molar-refractivity contribution in [3.63, 3.8) is 0 Å². The molecule has 0 bridgehead atoms. The molecule has 43 heavy (non-hydrogen) atoms. The van der Waals surface area contributed by atoms with E-state index in [4.69, 9.17) is 9.57 Å². The molecule has 4 aromatic rings. The first-order valence-corrected chi connectivity index (χ1v) is 16.5. The lowest BCUT2D eigenvalue weighted by atomic mass is 10.1. The Morgan fingerprint density at radius 2 is 1.53 bits per heavy atom. The number of carbonyl (C=O) groups is 1. The first-order chi connectivity index (χ1) is 20.6. The van der Waals surface area contributed by atoms with E-state index in [9.17, 15) is 21.6 Å². The fourth-order valence-electron chi connectivity index (χ4n) is 4.38. The molecule has 0 spiro atoms. The SMILES string of the molecule is Cc1ccc(S(=O)(=O)Nc2ccc(-c3ccc(S(=O)(=O)n4ccc(C=CC(=O)NOC5CCCCO5)c4)cc3)cc2)cc1. The van der Waals surface area contributed by atoms with E-state index >= 15 is 0 Å². The number of hydrogen-bond acceptors (Lipinski definition) is 7. The molecule has 0 radical (unpaired) electrons. The lowest BCUT2D eigenvalue weighted by Gasteiger charge is -2.21. The predicted molar refractivity (Wildman–Crippen MR) is 163 cm³/mol. The number of aryl methyl sites for hydroxylation is 1. The van der Waals surface area contributed by atoms with Gasteiger partial charge in [0.25, 0.3) is 26.0 Å². The van der Waals surface area contributed by atoms with Crippen LogP contribution in [0.15, 0.2) is 107 Å². The van der Waals surface area contributed by atoms with Crippen LogP contribution in [-0.4, -0.2) is 39.6 Å². The number of carbonyl (C=O) groups excluding carboxylic acids is 1. The third-order valence-corrected chi connectivity index (χ3v) is 9.82. The Morgan fingerprint density at radius 1 is 0.884 bits per heavy atom. The monoisotopic (exact) mass is 621 g/mol. The van der Waals surface area contributed by atoms with Gasteiger partial charge in [0.1, 0.15) is 0 Å². The quantitative estimate of drug-likeness (QED) is 0.186. The highest BCUT2D eigenvalue weighted by molar-refractivity contribution is 7.92. The van der Waals surface area contributed by atoms with Crippen molar-refractivity contribution in [1.29, 1.82) is 0 Å². The molecule has 1 aliphatic heterocycles. The summed E-state index contributed by atoms with van der Waals surface area (Å²) in [5, 5.41) is 0. The number of anilines is 1. The first-order valence-electron chi connectivity index (χ1n) is 13.6. The second kappa shape index (κ2) is 13.0. The zero-order chi connectivity index (χ0) is 30.5. The highest BCUT2D eigenvalue weighted by Crippen LogP contribution is 2.25. The number of amides is 1. The van der Waals surface area contributed by atoms with Gasteiger partial charge in [0.2, 0.25) is 0 Å². The summed E-state index contributed by atoms with van der Waals surface area (Å²) in [4.78, 5) is 17.5. The van der Waals surface area contributed by atoms with Crippen molar-refractivity contribution in [3.05, 3.63) is 108 Å². The van der Waals surface area contributed by atoms with Gasteiger partial charge in [0, 0.05) is 37.2 Å². The maximum absolute atomic E-state index is 13.2. The molecule has 224 valence electrons. The standard InChI is InChI=1S/C31H31N3O7S2/c1-23-5-14-28(15-6-23)42(36,37)33-27-12-8-25(9-13-27)26-10-16-29(17-11-26)43(38,39)34-20-19-24(22-34)7-18-30(35)32-41-31-4-2-3-21-40-31/h5-20,22,31,33H,2-4,21H2,1H3,(H,32,35). The highest BCUT2D eigenvalue weighted by Gasteiger charge is 2.18. The molecule has 1 saturated heterocycles. The predicted octanol–water partition coefficient (Wildman–Crippen LogP) is 5.09. The van der Waals surface area contributed by atoms with E-state index in [1.165, 1.54) is 36.7 Å². The van der Waals surface area contributed by atoms with E-state index in [-0.39, 0.29) is 9.79 Å². The molecule has 1 aliphatic rings. The average molecular weight is 622 g/mol. The molecule has 12 heteroatoms. The molecule has 0 aliphatic carbocycles. The van der Waals surface area contributed by atoms with Crippen LogP contribution in [0.1, 0.15) is 30.4 Å². The number of nitrogens with zero attached hydrogens (tertiary/aromatic N) is 1. The Labute approximate surface area is 251 Å². The Bertz CT molecular complexity index is 1810. The average Bonchev–Trinajstić information content (AvgIpc) is 3.50. The van der Waals surface area contributed by atoms with Crippen molar-refractivity contribution in [3.8, 4) is 11.1 Å². The Balaban J connectivity index is 1.20. The Kier molecular flexibility index (Phi) is 9.11. The zero-order valence-electron chi connectivity index (χ0n) is 23.3. The summed E-state index contributed by atoms with van der Waals surface area (Å²) in [6.45, 7) is 2.48. The highest BCUT2D eigenvalue weighted by atomic mass is 32.2. The lowest BCUT2D eigenvalue weighted by Crippen LogP contribution is -2.32. The van der Waals surface area contributed by atoms with E-state index in [0.717, 1.165) is 33.5 Å². The van der Waals surface area contributed by atoms with Gasteiger partial charge in [0.05, 0.1) is 9.79 Å². The molecule has 1 fully saturated rings. The third kappa shape index (κ3) is 7.59. The number of rotatable bonds is 10. The number of hydrogen-bond donors (Lipinski definition) is 2. The minimum atomic E-state index is -3.87. The van der Waals surface area contributed by atoms with Crippen LogP contribution in [0.25, 0.3) is 17.2 Å². The van der Waals surface area contributed by atoms with Gasteiger partial charge in [-0.2, -0.15) is 0 Å². The summed E-state index contributed by atoms with van der Waals surface area (Å²) in [5.41, 5.74) is 5.75. The molecule has 5 rings (SSSR count). The van der Waals surface area contributed by atoms with E-state index < -0.39 is 32.2 Å². The van der Waals surface area contributed by atoms with Crippen molar-refractivity contribution >= 4 is 37.7 Å². The van der Waals surface area contributed by atoms with Crippen molar-refractivity contribution < 1.29 is 31.2 Å². The molecule has 10 nitrogen and oxygen atoms in total. The molecule has 3 aromatic carbocycles. The van der Waals surface area contributed by atoms with Gasteiger partial charge in [0.15, 0.2) is 6.29 Å². The number of sulfonamides is 1. The molecule has 2 N–H and O–H groups in total. The van der Waals surface area contributed by atoms with E-state index in [0.29, 0.717) is 24.3 Å². The second-order valence-electron chi connectivity index (χ2n) is 10.0. The van der Waals surface area contributed by atoms with Crippen molar-refractivity contribution in [2.45, 2.75) is 42.3 Å². The zero-order valence-corrected chi connectivity index (χ0v) is 25.0. The van der Waals surface area contributed by atoms with Gasteiger partial charge in [-0.25, -0.2) is 31.1 Å². The fraction of sp³-hybridized carbons (Fsp3) is 0.194. The van der Waals surface area contributed by atoms with Crippen LogP contribution in [0.3, 0.4) is 0 Å². The van der Waals surface area contributed by atoms with Crippen LogP contribution in [0.2, 0.25) is 0 Å². The van der Waals surface area contributed by atoms with Gasteiger partial charge >= 0.3 is 0 Å². The smallest absolute Gasteiger partial charge is 0.267 e. The Hall–Kier alpha value is -4.23. The number of benzene rings is 3. The molecular weight excluding hydrogens is 590 g/mol. The number of hydroxylamine groups is 1. The molecule has 2 heterocycles. The molecule has 1 unspecified atom stereocenters. The van der Waals surface area contributed by atoms with Crippen LogP contribution >= 0.6 is 0 Å². The third-order valence-electron chi connectivity index (χ3n) is 6.78. The number of nitrogens with one attached hydrogen (secondary N) is 2. The van der Waals surface area contributed by atoms with Crippen LogP contribution in [-0.2, 0) is 34.4 Å².